The van der Waals surface area contributed by atoms with E-state index in [2.05, 4.69) is 5.32 Å². The molecule has 5 heteroatoms. The molecule has 0 unspecified atom stereocenters. The summed E-state index contributed by atoms with van der Waals surface area (Å²) in [6, 6.07) is 10.5. The van der Waals surface area contributed by atoms with Gasteiger partial charge in [-0.05, 0) is 97.9 Å². The lowest BCUT2D eigenvalue weighted by molar-refractivity contribution is -0.0503. The Hall–Kier alpha value is -2.33. The van der Waals surface area contributed by atoms with Crippen LogP contribution in [0.2, 0.25) is 5.02 Å². The molecule has 1 amide bonds. The highest BCUT2D eigenvalue weighted by Gasteiger charge is 2.50. The molecule has 162 valence electrons. The van der Waals surface area contributed by atoms with Crippen molar-refractivity contribution in [2.45, 2.75) is 45.4 Å². The molecule has 0 aliphatic heterocycles. The summed E-state index contributed by atoms with van der Waals surface area (Å²) >= 11 is 6.38. The molecule has 0 saturated heterocycles. The predicted molar refractivity (Wildman–Crippen MR) is 122 cm³/mol. The Morgan fingerprint density at radius 2 is 1.65 bits per heavy atom. The van der Waals surface area contributed by atoms with E-state index in [0.29, 0.717) is 28.3 Å². The molecule has 2 aromatic rings. The molecule has 0 aromatic heterocycles. The summed E-state index contributed by atoms with van der Waals surface area (Å²) < 4.78 is 0. The molecular weight excluding hydrogens is 410 g/mol. The van der Waals surface area contributed by atoms with Gasteiger partial charge in [0.25, 0.3) is 5.91 Å². The van der Waals surface area contributed by atoms with E-state index in [1.807, 2.05) is 13.0 Å². The molecule has 4 aliphatic carbocycles. The van der Waals surface area contributed by atoms with Crippen molar-refractivity contribution in [1.29, 1.82) is 0 Å². The van der Waals surface area contributed by atoms with E-state index in [1.165, 1.54) is 38.5 Å². The Kier molecular flexibility index (Phi) is 5.09. The van der Waals surface area contributed by atoms with E-state index in [9.17, 15) is 14.7 Å². The maximum Gasteiger partial charge on any atom is 0.336 e. The molecule has 4 bridgehead atoms. The van der Waals surface area contributed by atoms with E-state index in [4.69, 9.17) is 11.6 Å². The van der Waals surface area contributed by atoms with Gasteiger partial charge in [-0.15, -0.1) is 0 Å². The summed E-state index contributed by atoms with van der Waals surface area (Å²) in [5.74, 6) is 1.36. The molecule has 0 spiro atoms. The fourth-order valence-electron chi connectivity index (χ4n) is 6.82. The van der Waals surface area contributed by atoms with Crippen LogP contribution in [0.3, 0.4) is 0 Å². The minimum atomic E-state index is -0.985. The zero-order valence-electron chi connectivity index (χ0n) is 17.8. The molecular formula is C26H28ClNO3. The van der Waals surface area contributed by atoms with Gasteiger partial charge < -0.3 is 10.4 Å². The Labute approximate surface area is 188 Å². The summed E-state index contributed by atoms with van der Waals surface area (Å²) in [4.78, 5) is 24.8. The number of carboxylic acids is 1. The fraction of sp³-hybridized carbons (Fsp3) is 0.462. The van der Waals surface area contributed by atoms with Gasteiger partial charge in [-0.3, -0.25) is 4.79 Å². The highest BCUT2D eigenvalue weighted by atomic mass is 35.5. The minimum absolute atomic E-state index is 0.174. The second-order valence-electron chi connectivity index (χ2n) is 10.1. The van der Waals surface area contributed by atoms with Crippen molar-refractivity contribution in [2.75, 3.05) is 6.54 Å². The standard InChI is InChI=1S/C26H28ClNO3/c1-15-2-4-20(21(6-15)25(30)31)19-3-5-23(27)22(10-19)24(29)28-14-26-11-16-7-17(12-26)9-18(8-16)13-26/h2-6,10,16-18H,7-9,11-14H2,1H3,(H,28,29)(H,30,31). The van der Waals surface area contributed by atoms with Crippen LogP contribution in [0.4, 0.5) is 0 Å². The molecule has 0 radical (unpaired) electrons. The Bertz CT molecular complexity index is 1030. The van der Waals surface area contributed by atoms with Gasteiger partial charge in [0.05, 0.1) is 16.1 Å². The lowest BCUT2D eigenvalue weighted by Gasteiger charge is -2.56. The van der Waals surface area contributed by atoms with E-state index >= 15 is 0 Å². The average Bonchev–Trinajstić information content (AvgIpc) is 2.71. The van der Waals surface area contributed by atoms with E-state index in [0.717, 1.165) is 23.3 Å². The number of aromatic carboxylic acids is 1. The molecule has 0 atom stereocenters. The minimum Gasteiger partial charge on any atom is -0.478 e. The number of hydrogen-bond donors (Lipinski definition) is 2. The van der Waals surface area contributed by atoms with Crippen molar-refractivity contribution in [3.05, 3.63) is 58.1 Å². The molecule has 31 heavy (non-hydrogen) atoms. The van der Waals surface area contributed by atoms with Crippen molar-refractivity contribution in [1.82, 2.24) is 5.32 Å². The van der Waals surface area contributed by atoms with Crippen LogP contribution in [-0.2, 0) is 0 Å². The highest BCUT2D eigenvalue weighted by molar-refractivity contribution is 6.34. The molecule has 0 heterocycles. The number of rotatable bonds is 5. The van der Waals surface area contributed by atoms with Gasteiger partial charge in [0.2, 0.25) is 0 Å². The number of halogens is 1. The van der Waals surface area contributed by atoms with Gasteiger partial charge in [-0.2, -0.15) is 0 Å². The summed E-state index contributed by atoms with van der Waals surface area (Å²) in [6.07, 6.45) is 7.84. The van der Waals surface area contributed by atoms with Gasteiger partial charge in [0, 0.05) is 6.54 Å². The van der Waals surface area contributed by atoms with Crippen LogP contribution in [0.5, 0.6) is 0 Å². The van der Waals surface area contributed by atoms with Crippen LogP contribution in [0.1, 0.15) is 64.8 Å². The Morgan fingerprint density at radius 3 is 2.26 bits per heavy atom. The molecule has 4 fully saturated rings. The van der Waals surface area contributed by atoms with E-state index in [1.54, 1.807) is 30.3 Å². The van der Waals surface area contributed by atoms with Crippen LogP contribution in [0.15, 0.2) is 36.4 Å². The first-order valence-electron chi connectivity index (χ1n) is 11.2. The summed E-state index contributed by atoms with van der Waals surface area (Å²) in [5, 5.41) is 13.2. The SMILES string of the molecule is Cc1ccc(-c2ccc(Cl)c(C(=O)NCC34CC5CC(CC(C5)C3)C4)c2)c(C(=O)O)c1. The first kappa shape index (κ1) is 20.6. The summed E-state index contributed by atoms with van der Waals surface area (Å²) in [7, 11) is 0. The number of benzene rings is 2. The van der Waals surface area contributed by atoms with Crippen LogP contribution in [0.25, 0.3) is 11.1 Å². The second kappa shape index (κ2) is 7.67. The maximum atomic E-state index is 13.1. The molecule has 6 rings (SSSR count). The Morgan fingerprint density at radius 1 is 1.00 bits per heavy atom. The van der Waals surface area contributed by atoms with E-state index < -0.39 is 5.97 Å². The number of aryl methyl sites for hydroxylation is 1. The monoisotopic (exact) mass is 437 g/mol. The predicted octanol–water partition coefficient (Wildman–Crippen LogP) is 5.96. The number of nitrogens with one attached hydrogen (secondary N) is 1. The van der Waals surface area contributed by atoms with Crippen LogP contribution in [-0.4, -0.2) is 23.5 Å². The van der Waals surface area contributed by atoms with Crippen LogP contribution in [0, 0.1) is 30.1 Å². The lowest BCUT2D eigenvalue weighted by atomic mass is 9.49. The van der Waals surface area contributed by atoms with Gasteiger partial charge in [-0.1, -0.05) is 35.4 Å². The first-order chi connectivity index (χ1) is 14.8. The number of carbonyl (C=O) groups excluding carboxylic acids is 1. The quantitative estimate of drug-likeness (QED) is 0.606. The smallest absolute Gasteiger partial charge is 0.336 e. The van der Waals surface area contributed by atoms with Crippen molar-refractivity contribution in [3.63, 3.8) is 0 Å². The number of carbonyl (C=O) groups is 2. The third kappa shape index (κ3) is 3.87. The molecule has 4 aliphatic rings. The molecule has 2 N–H and O–H groups in total. The average molecular weight is 438 g/mol. The van der Waals surface area contributed by atoms with Gasteiger partial charge in [0.1, 0.15) is 0 Å². The van der Waals surface area contributed by atoms with Crippen molar-refractivity contribution < 1.29 is 14.7 Å². The van der Waals surface area contributed by atoms with Crippen molar-refractivity contribution in [2.24, 2.45) is 23.2 Å². The van der Waals surface area contributed by atoms with Gasteiger partial charge in [0.15, 0.2) is 0 Å². The van der Waals surface area contributed by atoms with Crippen molar-refractivity contribution >= 4 is 23.5 Å². The topological polar surface area (TPSA) is 66.4 Å². The summed E-state index contributed by atoms with van der Waals surface area (Å²) in [6.45, 7) is 2.57. The summed E-state index contributed by atoms with van der Waals surface area (Å²) in [5.41, 5.74) is 3.03. The van der Waals surface area contributed by atoms with Gasteiger partial charge >= 0.3 is 5.97 Å². The maximum absolute atomic E-state index is 13.1. The van der Waals surface area contributed by atoms with Crippen LogP contribution >= 0.6 is 11.6 Å². The second-order valence-corrected chi connectivity index (χ2v) is 10.6. The number of carboxylic acid groups (broad SMARTS) is 1. The van der Waals surface area contributed by atoms with Crippen LogP contribution < -0.4 is 5.32 Å². The lowest BCUT2D eigenvalue weighted by Crippen LogP contribution is -2.51. The molecule has 4 saturated carbocycles. The first-order valence-corrected chi connectivity index (χ1v) is 11.6. The normalized spacial score (nSPS) is 28.5. The zero-order chi connectivity index (χ0) is 21.8. The third-order valence-corrected chi connectivity index (χ3v) is 8.05. The third-order valence-electron chi connectivity index (χ3n) is 7.72. The Balaban J connectivity index is 1.38. The largest absolute Gasteiger partial charge is 0.478 e. The number of hydrogen-bond acceptors (Lipinski definition) is 2. The van der Waals surface area contributed by atoms with Crippen molar-refractivity contribution in [3.8, 4) is 11.1 Å². The van der Waals surface area contributed by atoms with E-state index in [-0.39, 0.29) is 16.9 Å². The zero-order valence-corrected chi connectivity index (χ0v) is 18.5. The molecule has 2 aromatic carbocycles. The van der Waals surface area contributed by atoms with Gasteiger partial charge in [-0.25, -0.2) is 4.79 Å². The highest BCUT2D eigenvalue weighted by Crippen LogP contribution is 2.59. The fourth-order valence-corrected chi connectivity index (χ4v) is 7.03. The molecule has 4 nitrogen and oxygen atoms in total. The number of amides is 1.